The van der Waals surface area contributed by atoms with E-state index in [9.17, 15) is 8.42 Å². The molecule has 9 heteroatoms. The van der Waals surface area contributed by atoms with E-state index in [1.807, 2.05) is 53.4 Å². The summed E-state index contributed by atoms with van der Waals surface area (Å²) in [6, 6.07) is 35.8. The molecule has 0 saturated carbocycles. The molecule has 5 aromatic rings. The topological polar surface area (TPSA) is 134 Å². The van der Waals surface area contributed by atoms with Crippen LogP contribution in [0.1, 0.15) is 0 Å². The van der Waals surface area contributed by atoms with Gasteiger partial charge < -0.3 is 25.8 Å². The SMILES string of the molecule is Nc1ccc(Oc2ccc(N(c3ccc(Oc4ccc(N)cc4)cc3)c3ccc(S(N)(=O)=O)cc3)cc2)cc1. The van der Waals surface area contributed by atoms with E-state index in [0.29, 0.717) is 34.4 Å². The number of nitrogen functional groups attached to an aromatic ring is 2. The third-order valence-corrected chi connectivity index (χ3v) is 6.77. The van der Waals surface area contributed by atoms with Gasteiger partial charge in [-0.2, -0.15) is 0 Å². The van der Waals surface area contributed by atoms with Crippen molar-refractivity contribution in [2.45, 2.75) is 4.90 Å². The molecule has 0 unspecified atom stereocenters. The molecule has 0 aromatic heterocycles. The molecule has 0 radical (unpaired) electrons. The highest BCUT2D eigenvalue weighted by atomic mass is 32.2. The summed E-state index contributed by atoms with van der Waals surface area (Å²) < 4.78 is 35.4. The first-order valence-corrected chi connectivity index (χ1v) is 13.5. The fourth-order valence-electron chi connectivity index (χ4n) is 3.90. The molecule has 0 saturated heterocycles. The smallest absolute Gasteiger partial charge is 0.238 e. The molecule has 39 heavy (non-hydrogen) atoms. The van der Waals surface area contributed by atoms with Crippen LogP contribution in [0.3, 0.4) is 0 Å². The Kier molecular flexibility index (Phi) is 7.09. The first kappa shape index (κ1) is 25.7. The van der Waals surface area contributed by atoms with E-state index in [-0.39, 0.29) is 4.90 Å². The van der Waals surface area contributed by atoms with E-state index >= 15 is 0 Å². The molecule has 0 heterocycles. The summed E-state index contributed by atoms with van der Waals surface area (Å²) in [6.45, 7) is 0. The lowest BCUT2D eigenvalue weighted by Crippen LogP contribution is -2.13. The first-order valence-electron chi connectivity index (χ1n) is 11.9. The van der Waals surface area contributed by atoms with E-state index in [1.165, 1.54) is 12.1 Å². The molecule has 5 aromatic carbocycles. The van der Waals surface area contributed by atoms with Crippen molar-refractivity contribution in [3.05, 3.63) is 121 Å². The Morgan fingerprint density at radius 1 is 0.462 bits per heavy atom. The van der Waals surface area contributed by atoms with Crippen LogP contribution in [0.15, 0.2) is 126 Å². The lowest BCUT2D eigenvalue weighted by molar-refractivity contribution is 0.482. The zero-order chi connectivity index (χ0) is 27.4. The molecular formula is C30H26N4O4S. The summed E-state index contributed by atoms with van der Waals surface area (Å²) in [4.78, 5) is 2.01. The quantitative estimate of drug-likeness (QED) is 0.191. The van der Waals surface area contributed by atoms with E-state index < -0.39 is 10.0 Å². The number of anilines is 5. The standard InChI is InChI=1S/C30H26N4O4S/c31-21-1-11-26(12-2-21)37-28-15-5-23(6-16-28)34(25-9-19-30(20-10-25)39(33,35)36)24-7-17-29(18-8-24)38-27-13-3-22(32)4-14-27/h1-20H,31-32H2,(H2,33,35,36). The van der Waals surface area contributed by atoms with E-state index in [2.05, 4.69) is 0 Å². The summed E-state index contributed by atoms with van der Waals surface area (Å²) in [5.41, 5.74) is 15.2. The number of primary sulfonamides is 1. The second kappa shape index (κ2) is 10.8. The van der Waals surface area contributed by atoms with Gasteiger partial charge in [-0.25, -0.2) is 13.6 Å². The molecule has 6 N–H and O–H groups in total. The van der Waals surface area contributed by atoms with Crippen LogP contribution in [0.25, 0.3) is 0 Å². The van der Waals surface area contributed by atoms with Gasteiger partial charge in [0, 0.05) is 28.4 Å². The van der Waals surface area contributed by atoms with Gasteiger partial charge in [0.2, 0.25) is 10.0 Å². The number of benzene rings is 5. The van der Waals surface area contributed by atoms with Gasteiger partial charge in [0.05, 0.1) is 4.90 Å². The molecule has 5 rings (SSSR count). The van der Waals surface area contributed by atoms with E-state index in [4.69, 9.17) is 26.1 Å². The molecule has 196 valence electrons. The van der Waals surface area contributed by atoms with Gasteiger partial charge in [-0.3, -0.25) is 0 Å². The van der Waals surface area contributed by atoms with Crippen molar-refractivity contribution in [1.29, 1.82) is 0 Å². The predicted molar refractivity (Wildman–Crippen MR) is 154 cm³/mol. The van der Waals surface area contributed by atoms with Gasteiger partial charge in [-0.1, -0.05) is 0 Å². The summed E-state index contributed by atoms with van der Waals surface area (Å²) in [6.07, 6.45) is 0. The van der Waals surface area contributed by atoms with Crippen LogP contribution in [0, 0.1) is 0 Å². The highest BCUT2D eigenvalue weighted by Crippen LogP contribution is 2.37. The van der Waals surface area contributed by atoms with Gasteiger partial charge in [-0.05, 0) is 121 Å². The minimum atomic E-state index is -3.82. The zero-order valence-corrected chi connectivity index (χ0v) is 21.6. The van der Waals surface area contributed by atoms with Crippen molar-refractivity contribution in [2.75, 3.05) is 16.4 Å². The average molecular weight is 539 g/mol. The number of hydrogen-bond acceptors (Lipinski definition) is 7. The predicted octanol–water partition coefficient (Wildman–Crippen LogP) is 6.55. The average Bonchev–Trinajstić information content (AvgIpc) is 2.93. The molecule has 0 aliphatic heterocycles. The van der Waals surface area contributed by atoms with Crippen molar-refractivity contribution in [3.8, 4) is 23.0 Å². The molecule has 0 bridgehead atoms. The molecule has 0 spiro atoms. The maximum Gasteiger partial charge on any atom is 0.238 e. The van der Waals surface area contributed by atoms with Crippen LogP contribution in [0.5, 0.6) is 23.0 Å². The Labute approximate surface area is 226 Å². The lowest BCUT2D eigenvalue weighted by atomic mass is 10.2. The van der Waals surface area contributed by atoms with Crippen LogP contribution < -0.4 is 31.0 Å². The second-order valence-corrected chi connectivity index (χ2v) is 10.3. The van der Waals surface area contributed by atoms with Gasteiger partial charge in [0.15, 0.2) is 0 Å². The van der Waals surface area contributed by atoms with Crippen molar-refractivity contribution >= 4 is 38.5 Å². The van der Waals surface area contributed by atoms with E-state index in [1.54, 1.807) is 60.7 Å². The minimum absolute atomic E-state index is 0.0330. The molecule has 8 nitrogen and oxygen atoms in total. The number of rotatable bonds is 8. The minimum Gasteiger partial charge on any atom is -0.457 e. The van der Waals surface area contributed by atoms with Crippen LogP contribution in [-0.4, -0.2) is 8.42 Å². The zero-order valence-electron chi connectivity index (χ0n) is 20.8. The lowest BCUT2D eigenvalue weighted by Gasteiger charge is -2.26. The summed E-state index contributed by atoms with van der Waals surface area (Å²) >= 11 is 0. The maximum absolute atomic E-state index is 11.8. The largest absolute Gasteiger partial charge is 0.457 e. The second-order valence-electron chi connectivity index (χ2n) is 8.70. The molecule has 0 fully saturated rings. The number of ether oxygens (including phenoxy) is 2. The molecule has 0 atom stereocenters. The van der Waals surface area contributed by atoms with Crippen molar-refractivity contribution in [3.63, 3.8) is 0 Å². The normalized spacial score (nSPS) is 11.1. The molecule has 0 amide bonds. The van der Waals surface area contributed by atoms with Crippen LogP contribution >= 0.6 is 0 Å². The number of hydrogen-bond donors (Lipinski definition) is 3. The molecule has 0 aliphatic rings. The third kappa shape index (κ3) is 6.30. The summed E-state index contributed by atoms with van der Waals surface area (Å²) in [5.74, 6) is 2.65. The Morgan fingerprint density at radius 2 is 0.744 bits per heavy atom. The van der Waals surface area contributed by atoms with Crippen LogP contribution in [0.4, 0.5) is 28.4 Å². The van der Waals surface area contributed by atoms with Crippen LogP contribution in [-0.2, 0) is 10.0 Å². The van der Waals surface area contributed by atoms with E-state index in [0.717, 1.165) is 17.1 Å². The van der Waals surface area contributed by atoms with Gasteiger partial charge in [0.25, 0.3) is 0 Å². The first-order chi connectivity index (χ1) is 18.7. The van der Waals surface area contributed by atoms with Gasteiger partial charge >= 0.3 is 0 Å². The number of sulfonamides is 1. The Balaban J connectivity index is 1.45. The Bertz CT molecular complexity index is 1560. The Morgan fingerprint density at radius 3 is 1.05 bits per heavy atom. The van der Waals surface area contributed by atoms with Gasteiger partial charge in [0.1, 0.15) is 23.0 Å². The highest BCUT2D eigenvalue weighted by molar-refractivity contribution is 7.89. The number of nitrogens with two attached hydrogens (primary N) is 3. The molecular weight excluding hydrogens is 512 g/mol. The van der Waals surface area contributed by atoms with Crippen molar-refractivity contribution in [2.24, 2.45) is 5.14 Å². The fraction of sp³-hybridized carbons (Fsp3) is 0. The van der Waals surface area contributed by atoms with Crippen LogP contribution in [0.2, 0.25) is 0 Å². The fourth-order valence-corrected chi connectivity index (χ4v) is 4.42. The maximum atomic E-state index is 11.8. The van der Waals surface area contributed by atoms with Gasteiger partial charge in [-0.15, -0.1) is 0 Å². The summed E-state index contributed by atoms with van der Waals surface area (Å²) in [7, 11) is -3.82. The van der Waals surface area contributed by atoms with Crippen molar-refractivity contribution < 1.29 is 17.9 Å². The highest BCUT2D eigenvalue weighted by Gasteiger charge is 2.15. The molecule has 0 aliphatic carbocycles. The van der Waals surface area contributed by atoms with Crippen molar-refractivity contribution in [1.82, 2.24) is 0 Å². The summed E-state index contributed by atoms with van der Waals surface area (Å²) in [5, 5.41) is 5.30. The number of nitrogens with zero attached hydrogens (tertiary/aromatic N) is 1. The monoisotopic (exact) mass is 538 g/mol. The Hall–Kier alpha value is -4.99. The third-order valence-electron chi connectivity index (χ3n) is 5.84.